The van der Waals surface area contributed by atoms with E-state index in [1.807, 2.05) is 40.3 Å². The number of rotatable bonds is 5. The van der Waals surface area contributed by atoms with E-state index in [2.05, 4.69) is 60.0 Å². The highest BCUT2D eigenvalue weighted by Crippen LogP contribution is 2.39. The Morgan fingerprint density at radius 1 is 0.643 bits per heavy atom. The van der Waals surface area contributed by atoms with Crippen molar-refractivity contribution in [1.29, 1.82) is 0 Å². The number of halogens is 1. The van der Waals surface area contributed by atoms with Crippen molar-refractivity contribution in [2.45, 2.75) is 19.8 Å². The molecule has 3 aromatic rings. The minimum absolute atomic E-state index is 0.166. The van der Waals surface area contributed by atoms with Gasteiger partial charge in [0.05, 0.1) is 0 Å². The van der Waals surface area contributed by atoms with Gasteiger partial charge >= 0.3 is 0 Å². The summed E-state index contributed by atoms with van der Waals surface area (Å²) in [6, 6.07) is 20.0. The first-order chi connectivity index (χ1) is 13.3. The zero-order valence-corrected chi connectivity index (χ0v) is 17.6. The lowest BCUT2D eigenvalue weighted by Crippen LogP contribution is -2.14. The second kappa shape index (κ2) is 8.05. The molecule has 0 fully saturated rings. The van der Waals surface area contributed by atoms with Crippen LogP contribution in [0, 0.1) is 19.7 Å². The largest absolute Gasteiger partial charge is 0.378 e. The molecule has 146 valence electrons. The molecule has 0 aromatic heterocycles. The molecule has 0 heterocycles. The number of benzene rings is 3. The Bertz CT molecular complexity index is 919. The normalized spacial score (nSPS) is 11.0. The Labute approximate surface area is 168 Å². The molecule has 0 radical (unpaired) electrons. The Morgan fingerprint density at radius 2 is 1.11 bits per heavy atom. The molecule has 28 heavy (non-hydrogen) atoms. The van der Waals surface area contributed by atoms with Crippen molar-refractivity contribution in [3.63, 3.8) is 0 Å². The molecule has 0 spiro atoms. The van der Waals surface area contributed by atoms with Gasteiger partial charge in [-0.25, -0.2) is 4.39 Å². The maximum absolute atomic E-state index is 15.0. The van der Waals surface area contributed by atoms with Crippen molar-refractivity contribution in [1.82, 2.24) is 0 Å². The molecular formula is C25H29FN2. The van der Waals surface area contributed by atoms with Crippen LogP contribution in [0.2, 0.25) is 0 Å². The lowest BCUT2D eigenvalue weighted by molar-refractivity contribution is 0.606. The summed E-state index contributed by atoms with van der Waals surface area (Å²) in [7, 11) is 8.13. The Kier molecular flexibility index (Phi) is 5.73. The molecule has 0 N–H and O–H groups in total. The van der Waals surface area contributed by atoms with Gasteiger partial charge in [-0.1, -0.05) is 30.3 Å². The Balaban J connectivity index is 2.31. The van der Waals surface area contributed by atoms with Crippen LogP contribution in [0.15, 0.2) is 60.7 Å². The molecule has 0 unspecified atom stereocenters. The average molecular weight is 377 g/mol. The van der Waals surface area contributed by atoms with E-state index in [9.17, 15) is 4.39 Å². The highest BCUT2D eigenvalue weighted by molar-refractivity contribution is 5.59. The van der Waals surface area contributed by atoms with Gasteiger partial charge in [0.1, 0.15) is 5.82 Å². The Morgan fingerprint density at radius 3 is 1.54 bits per heavy atom. The zero-order chi connectivity index (χ0) is 20.4. The lowest BCUT2D eigenvalue weighted by Gasteiger charge is -2.26. The molecule has 0 saturated carbocycles. The van der Waals surface area contributed by atoms with Gasteiger partial charge in [-0.2, -0.15) is 0 Å². The summed E-state index contributed by atoms with van der Waals surface area (Å²) in [5, 5.41) is 0. The summed E-state index contributed by atoms with van der Waals surface area (Å²) in [6.45, 7) is 4.21. The van der Waals surface area contributed by atoms with E-state index in [0.29, 0.717) is 5.56 Å². The highest BCUT2D eigenvalue weighted by atomic mass is 19.1. The molecule has 0 atom stereocenters. The molecule has 3 rings (SSSR count). The highest BCUT2D eigenvalue weighted by Gasteiger charge is 2.24. The fraction of sp³-hybridized carbons (Fsp3) is 0.280. The first kappa shape index (κ1) is 19.9. The molecule has 0 bridgehead atoms. The summed E-state index contributed by atoms with van der Waals surface area (Å²) < 4.78 is 15.0. The molecule has 3 heteroatoms. The first-order valence-electron chi connectivity index (χ1n) is 9.59. The summed E-state index contributed by atoms with van der Waals surface area (Å²) in [5.41, 5.74) is 7.53. The predicted molar refractivity (Wildman–Crippen MR) is 118 cm³/mol. The van der Waals surface area contributed by atoms with Crippen molar-refractivity contribution in [3.05, 3.63) is 94.3 Å². The molecule has 0 aliphatic rings. The van der Waals surface area contributed by atoms with Crippen molar-refractivity contribution in [3.8, 4) is 0 Å². The van der Waals surface area contributed by atoms with E-state index in [-0.39, 0.29) is 11.7 Å². The van der Waals surface area contributed by atoms with E-state index in [4.69, 9.17) is 0 Å². The second-order valence-corrected chi connectivity index (χ2v) is 7.83. The van der Waals surface area contributed by atoms with Crippen molar-refractivity contribution in [2.24, 2.45) is 0 Å². The topological polar surface area (TPSA) is 6.48 Å². The summed E-state index contributed by atoms with van der Waals surface area (Å²) in [6.07, 6.45) is 0. The van der Waals surface area contributed by atoms with Crippen LogP contribution in [-0.4, -0.2) is 28.2 Å². The summed E-state index contributed by atoms with van der Waals surface area (Å²) in [4.78, 5) is 4.18. The number of nitrogens with zero attached hydrogens (tertiary/aromatic N) is 2. The van der Waals surface area contributed by atoms with Gasteiger partial charge in [-0.15, -0.1) is 0 Å². The number of hydrogen-bond donors (Lipinski definition) is 0. The van der Waals surface area contributed by atoms with Crippen LogP contribution >= 0.6 is 0 Å². The molecule has 0 aliphatic heterocycles. The van der Waals surface area contributed by atoms with Crippen molar-refractivity contribution in [2.75, 3.05) is 38.0 Å². The lowest BCUT2D eigenvalue weighted by atomic mass is 9.80. The van der Waals surface area contributed by atoms with E-state index < -0.39 is 0 Å². The van der Waals surface area contributed by atoms with Gasteiger partial charge in [0.2, 0.25) is 0 Å². The maximum atomic E-state index is 15.0. The molecule has 0 saturated heterocycles. The standard InChI is InChI=1S/C25H29FN2/c1-17-11-13-19(27(3)4)15-22(17)25(21-9-7-8-10-24(21)26)23-16-20(28(5)6)14-12-18(23)2/h7-16,25H,1-6H3. The number of aryl methyl sites for hydroxylation is 2. The molecule has 0 aliphatic carbocycles. The van der Waals surface area contributed by atoms with Crippen LogP contribution in [0.4, 0.5) is 15.8 Å². The molecular weight excluding hydrogens is 347 g/mol. The third kappa shape index (κ3) is 3.89. The van der Waals surface area contributed by atoms with Gasteiger partial charge in [-0.3, -0.25) is 0 Å². The summed E-state index contributed by atoms with van der Waals surface area (Å²) in [5.74, 6) is -0.335. The summed E-state index contributed by atoms with van der Waals surface area (Å²) >= 11 is 0. The van der Waals surface area contributed by atoms with Gasteiger partial charge in [-0.05, 0) is 72.0 Å². The van der Waals surface area contributed by atoms with Crippen LogP contribution in [0.5, 0.6) is 0 Å². The number of hydrogen-bond acceptors (Lipinski definition) is 2. The van der Waals surface area contributed by atoms with Crippen LogP contribution < -0.4 is 9.80 Å². The fourth-order valence-corrected chi connectivity index (χ4v) is 3.65. The van der Waals surface area contributed by atoms with Gasteiger partial charge in [0.15, 0.2) is 0 Å². The molecule has 3 aromatic carbocycles. The van der Waals surface area contributed by atoms with Crippen LogP contribution in [0.1, 0.15) is 33.7 Å². The van der Waals surface area contributed by atoms with Gasteiger partial charge in [0, 0.05) is 45.5 Å². The second-order valence-electron chi connectivity index (χ2n) is 7.83. The number of anilines is 2. The third-order valence-corrected chi connectivity index (χ3v) is 5.40. The smallest absolute Gasteiger partial charge is 0.127 e. The van der Waals surface area contributed by atoms with Crippen molar-refractivity contribution >= 4 is 11.4 Å². The van der Waals surface area contributed by atoms with Crippen LogP contribution in [-0.2, 0) is 0 Å². The molecule has 2 nitrogen and oxygen atoms in total. The van der Waals surface area contributed by atoms with Gasteiger partial charge in [0.25, 0.3) is 0 Å². The third-order valence-electron chi connectivity index (χ3n) is 5.40. The van der Waals surface area contributed by atoms with E-state index in [0.717, 1.165) is 33.6 Å². The molecule has 0 amide bonds. The van der Waals surface area contributed by atoms with E-state index >= 15 is 0 Å². The van der Waals surface area contributed by atoms with Crippen molar-refractivity contribution < 1.29 is 4.39 Å². The minimum Gasteiger partial charge on any atom is -0.378 e. The maximum Gasteiger partial charge on any atom is 0.127 e. The van der Waals surface area contributed by atoms with Crippen LogP contribution in [0.3, 0.4) is 0 Å². The quantitative estimate of drug-likeness (QED) is 0.523. The fourth-order valence-electron chi connectivity index (χ4n) is 3.65. The Hall–Kier alpha value is -2.81. The minimum atomic E-state index is -0.170. The zero-order valence-electron chi connectivity index (χ0n) is 17.6. The average Bonchev–Trinajstić information content (AvgIpc) is 2.65. The van der Waals surface area contributed by atoms with Crippen LogP contribution in [0.25, 0.3) is 0 Å². The SMILES string of the molecule is Cc1ccc(N(C)C)cc1C(c1cc(N(C)C)ccc1C)c1ccccc1F. The predicted octanol–water partition coefficient (Wildman–Crippen LogP) is 5.75. The van der Waals surface area contributed by atoms with Gasteiger partial charge < -0.3 is 9.80 Å². The van der Waals surface area contributed by atoms with E-state index in [1.54, 1.807) is 12.1 Å². The first-order valence-corrected chi connectivity index (χ1v) is 9.59. The monoisotopic (exact) mass is 376 g/mol. The van der Waals surface area contributed by atoms with E-state index in [1.165, 1.54) is 0 Å².